The van der Waals surface area contributed by atoms with Gasteiger partial charge in [-0.25, -0.2) is 4.98 Å². The highest BCUT2D eigenvalue weighted by Gasteiger charge is 2.20. The normalized spacial score (nSPS) is 14.5. The van der Waals surface area contributed by atoms with Crippen LogP contribution in [0.2, 0.25) is 0 Å². The van der Waals surface area contributed by atoms with Crippen molar-refractivity contribution in [2.75, 3.05) is 13.2 Å². The summed E-state index contributed by atoms with van der Waals surface area (Å²) >= 11 is 0. The number of para-hydroxylation sites is 3. The predicted octanol–water partition coefficient (Wildman–Crippen LogP) is 5.63. The Kier molecular flexibility index (Phi) is 6.15. The molecule has 0 saturated heterocycles. The van der Waals surface area contributed by atoms with E-state index in [1.54, 1.807) is 12.4 Å². The molecule has 4 aromatic rings. The molecule has 1 aliphatic rings. The summed E-state index contributed by atoms with van der Waals surface area (Å²) in [5.41, 5.74) is 2.30. The van der Waals surface area contributed by atoms with Gasteiger partial charge in [-0.3, -0.25) is 9.78 Å². The summed E-state index contributed by atoms with van der Waals surface area (Å²) in [6.07, 6.45) is 6.10. The number of ether oxygens (including phenoxy) is 2. The third kappa shape index (κ3) is 4.80. The molecule has 3 heterocycles. The van der Waals surface area contributed by atoms with Gasteiger partial charge in [-0.2, -0.15) is 0 Å². The van der Waals surface area contributed by atoms with Gasteiger partial charge in [0.15, 0.2) is 11.5 Å². The van der Waals surface area contributed by atoms with Crippen molar-refractivity contribution < 1.29 is 14.3 Å². The topological polar surface area (TPSA) is 64.6 Å². The molecule has 33 heavy (non-hydrogen) atoms. The fourth-order valence-corrected chi connectivity index (χ4v) is 3.99. The van der Waals surface area contributed by atoms with Crippen LogP contribution in [0.3, 0.4) is 0 Å². The van der Waals surface area contributed by atoms with Crippen LogP contribution in [0.5, 0.6) is 17.4 Å². The molecule has 0 bridgehead atoms. The second-order valence-electron chi connectivity index (χ2n) is 8.07. The fraction of sp³-hybridized carbons (Fsp3) is 0.222. The van der Waals surface area contributed by atoms with E-state index in [1.807, 2.05) is 71.6 Å². The van der Waals surface area contributed by atoms with Crippen LogP contribution < -0.4 is 9.47 Å². The molecular formula is C27H25N3O3. The number of aromatic nitrogens is 2. The Hall–Kier alpha value is -3.93. The zero-order valence-electron chi connectivity index (χ0n) is 18.3. The van der Waals surface area contributed by atoms with Gasteiger partial charge >= 0.3 is 0 Å². The average molecular weight is 440 g/mol. The SMILES string of the molecule is O=C(c1cnc2ccccc2c1)N1CCCCCOc2ccccc2Oc2ncccc2C1. The molecule has 1 amide bonds. The number of benzene rings is 2. The maximum Gasteiger partial charge on any atom is 0.255 e. The first-order valence-corrected chi connectivity index (χ1v) is 11.3. The summed E-state index contributed by atoms with van der Waals surface area (Å²) in [5.74, 6) is 1.74. The molecule has 166 valence electrons. The highest BCUT2D eigenvalue weighted by molar-refractivity contribution is 5.97. The van der Waals surface area contributed by atoms with Crippen LogP contribution >= 0.6 is 0 Å². The van der Waals surface area contributed by atoms with Gasteiger partial charge in [-0.1, -0.05) is 36.4 Å². The first kappa shape index (κ1) is 20.9. The molecule has 5 rings (SSSR count). The Morgan fingerprint density at radius 2 is 1.73 bits per heavy atom. The Morgan fingerprint density at radius 1 is 0.879 bits per heavy atom. The first-order chi connectivity index (χ1) is 16.3. The van der Waals surface area contributed by atoms with Gasteiger partial charge in [0, 0.05) is 29.9 Å². The monoisotopic (exact) mass is 439 g/mol. The number of rotatable bonds is 1. The minimum absolute atomic E-state index is 0.0467. The molecule has 0 saturated carbocycles. The van der Waals surface area contributed by atoms with Gasteiger partial charge < -0.3 is 14.4 Å². The van der Waals surface area contributed by atoms with Gasteiger partial charge in [0.05, 0.1) is 24.2 Å². The summed E-state index contributed by atoms with van der Waals surface area (Å²) < 4.78 is 12.1. The van der Waals surface area contributed by atoms with Gasteiger partial charge in [-0.15, -0.1) is 0 Å². The van der Waals surface area contributed by atoms with Crippen molar-refractivity contribution >= 4 is 16.8 Å². The van der Waals surface area contributed by atoms with E-state index in [0.717, 1.165) is 35.7 Å². The Bertz CT molecular complexity index is 1270. The van der Waals surface area contributed by atoms with Crippen molar-refractivity contribution in [3.8, 4) is 17.4 Å². The molecule has 0 fully saturated rings. The number of pyridine rings is 2. The molecule has 1 aliphatic heterocycles. The molecular weight excluding hydrogens is 414 g/mol. The molecule has 2 aromatic heterocycles. The van der Waals surface area contributed by atoms with Gasteiger partial charge in [0.25, 0.3) is 5.91 Å². The van der Waals surface area contributed by atoms with Crippen LogP contribution in [0.4, 0.5) is 0 Å². The highest BCUT2D eigenvalue weighted by Crippen LogP contribution is 2.33. The van der Waals surface area contributed by atoms with Crippen LogP contribution in [0, 0.1) is 0 Å². The molecule has 0 radical (unpaired) electrons. The minimum atomic E-state index is -0.0467. The molecule has 0 aliphatic carbocycles. The smallest absolute Gasteiger partial charge is 0.255 e. The zero-order valence-corrected chi connectivity index (χ0v) is 18.3. The van der Waals surface area contributed by atoms with Gasteiger partial charge in [0.2, 0.25) is 5.88 Å². The number of fused-ring (bicyclic) bond motifs is 3. The fourth-order valence-electron chi connectivity index (χ4n) is 3.99. The van der Waals surface area contributed by atoms with E-state index >= 15 is 0 Å². The lowest BCUT2D eigenvalue weighted by Gasteiger charge is -2.23. The van der Waals surface area contributed by atoms with E-state index in [4.69, 9.17) is 9.47 Å². The molecule has 0 unspecified atom stereocenters. The molecule has 0 atom stereocenters. The van der Waals surface area contributed by atoms with E-state index < -0.39 is 0 Å². The lowest BCUT2D eigenvalue weighted by Crippen LogP contribution is -2.32. The van der Waals surface area contributed by atoms with Gasteiger partial charge in [-0.05, 0) is 49.6 Å². The van der Waals surface area contributed by atoms with Crippen molar-refractivity contribution in [1.82, 2.24) is 14.9 Å². The molecule has 6 heteroatoms. The standard InChI is InChI=1S/C27H25N3O3/c31-27(22-17-20-9-2-3-11-23(20)29-18-22)30-15-6-1-7-16-32-24-12-4-5-13-25(24)33-26-21(19-30)10-8-14-28-26/h2-5,8-14,17-18H,1,6-7,15-16,19H2. The molecule has 0 spiro atoms. The van der Waals surface area contributed by atoms with Crippen molar-refractivity contribution in [3.05, 3.63) is 90.3 Å². The third-order valence-corrected chi connectivity index (χ3v) is 5.72. The molecule has 2 aromatic carbocycles. The Morgan fingerprint density at radius 3 is 2.67 bits per heavy atom. The molecule has 0 N–H and O–H groups in total. The largest absolute Gasteiger partial charge is 0.490 e. The van der Waals surface area contributed by atoms with Crippen LogP contribution in [0.1, 0.15) is 35.2 Å². The number of carbonyl (C=O) groups is 1. The number of hydrogen-bond donors (Lipinski definition) is 0. The second-order valence-corrected chi connectivity index (χ2v) is 8.07. The number of hydrogen-bond acceptors (Lipinski definition) is 5. The van der Waals surface area contributed by atoms with Crippen LogP contribution in [0.25, 0.3) is 10.9 Å². The average Bonchev–Trinajstić information content (AvgIpc) is 2.87. The summed E-state index contributed by atoms with van der Waals surface area (Å²) in [4.78, 5) is 24.3. The Balaban J connectivity index is 1.47. The predicted molar refractivity (Wildman–Crippen MR) is 127 cm³/mol. The van der Waals surface area contributed by atoms with Crippen molar-refractivity contribution in [3.63, 3.8) is 0 Å². The summed E-state index contributed by atoms with van der Waals surface area (Å²) in [6, 6.07) is 21.2. The van der Waals surface area contributed by atoms with Gasteiger partial charge in [0.1, 0.15) is 0 Å². The minimum Gasteiger partial charge on any atom is -0.490 e. The lowest BCUT2D eigenvalue weighted by atomic mass is 10.1. The van der Waals surface area contributed by atoms with E-state index in [-0.39, 0.29) is 5.91 Å². The quantitative estimate of drug-likeness (QED) is 0.385. The first-order valence-electron chi connectivity index (χ1n) is 11.3. The molecule has 6 nitrogen and oxygen atoms in total. The van der Waals surface area contributed by atoms with E-state index in [2.05, 4.69) is 9.97 Å². The Labute approximate surface area is 192 Å². The van der Waals surface area contributed by atoms with Crippen molar-refractivity contribution in [2.45, 2.75) is 25.8 Å². The number of nitrogens with zero attached hydrogens (tertiary/aromatic N) is 3. The number of amides is 1. The van der Waals surface area contributed by atoms with E-state index in [9.17, 15) is 4.79 Å². The van der Waals surface area contributed by atoms with Crippen LogP contribution in [0.15, 0.2) is 79.1 Å². The van der Waals surface area contributed by atoms with Crippen molar-refractivity contribution in [2.24, 2.45) is 0 Å². The summed E-state index contributed by atoms with van der Waals surface area (Å²) in [7, 11) is 0. The summed E-state index contributed by atoms with van der Waals surface area (Å²) in [6.45, 7) is 1.63. The third-order valence-electron chi connectivity index (χ3n) is 5.72. The number of carbonyl (C=O) groups excluding carboxylic acids is 1. The maximum absolute atomic E-state index is 13.5. The zero-order chi connectivity index (χ0) is 22.5. The van der Waals surface area contributed by atoms with E-state index in [1.165, 1.54) is 0 Å². The van der Waals surface area contributed by atoms with Crippen LogP contribution in [-0.4, -0.2) is 33.9 Å². The summed E-state index contributed by atoms with van der Waals surface area (Å²) in [5, 5.41) is 0.952. The van der Waals surface area contributed by atoms with E-state index in [0.29, 0.717) is 42.6 Å². The highest BCUT2D eigenvalue weighted by atomic mass is 16.5. The maximum atomic E-state index is 13.5. The lowest BCUT2D eigenvalue weighted by molar-refractivity contribution is 0.0738. The second kappa shape index (κ2) is 9.69. The van der Waals surface area contributed by atoms with Crippen molar-refractivity contribution in [1.29, 1.82) is 0 Å². The van der Waals surface area contributed by atoms with Crippen LogP contribution in [-0.2, 0) is 6.54 Å².